The molecule has 0 aromatic heterocycles. The maximum Gasteiger partial charge on any atom is 0.184 e. The summed E-state index contributed by atoms with van der Waals surface area (Å²) in [6.45, 7) is 0. The van der Waals surface area contributed by atoms with Gasteiger partial charge in [0.05, 0.1) is 9.64 Å². The van der Waals surface area contributed by atoms with E-state index in [4.69, 9.17) is 0 Å². The van der Waals surface area contributed by atoms with Crippen molar-refractivity contribution in [2.24, 2.45) is 0 Å². The Hall–Kier alpha value is -2.65. The van der Waals surface area contributed by atoms with Crippen molar-refractivity contribution in [3.63, 3.8) is 0 Å². The van der Waals surface area contributed by atoms with Crippen molar-refractivity contribution in [2.45, 2.75) is 41.7 Å². The normalized spacial score (nSPS) is 16.9. The van der Waals surface area contributed by atoms with Crippen molar-refractivity contribution in [1.29, 1.82) is 0 Å². The third kappa shape index (κ3) is 3.05. The second-order valence-electron chi connectivity index (χ2n) is 8.21. The fourth-order valence-corrected chi connectivity index (χ4v) is 7.04. The average molecular weight is 401 g/mol. The number of fused-ring (bicyclic) bond motifs is 2. The Balaban J connectivity index is 1.51. The van der Waals surface area contributed by atoms with Gasteiger partial charge in [0.15, 0.2) is 9.84 Å². The van der Waals surface area contributed by atoms with Gasteiger partial charge in [0.1, 0.15) is 0 Å². The van der Waals surface area contributed by atoms with E-state index in [0.717, 1.165) is 12.8 Å². The van der Waals surface area contributed by atoms with E-state index >= 15 is 0 Å². The van der Waals surface area contributed by atoms with E-state index in [2.05, 4.69) is 42.5 Å². The van der Waals surface area contributed by atoms with Crippen molar-refractivity contribution < 1.29 is 8.42 Å². The first kappa shape index (κ1) is 18.4. The molecule has 0 bridgehead atoms. The van der Waals surface area contributed by atoms with Crippen LogP contribution >= 0.6 is 0 Å². The molecular formula is C26H24O2S. The highest BCUT2D eigenvalue weighted by molar-refractivity contribution is 7.92. The Bertz CT molecular complexity index is 1170. The van der Waals surface area contributed by atoms with Crippen LogP contribution in [0.2, 0.25) is 0 Å². The quantitative estimate of drug-likeness (QED) is 0.573. The Labute approximate surface area is 172 Å². The molecule has 2 nitrogen and oxygen atoms in total. The van der Waals surface area contributed by atoms with Gasteiger partial charge in [0.25, 0.3) is 0 Å². The fraction of sp³-hybridized carbons (Fsp3) is 0.231. The molecule has 0 radical (unpaired) electrons. The Morgan fingerprint density at radius 2 is 1.31 bits per heavy atom. The van der Waals surface area contributed by atoms with Gasteiger partial charge in [-0.1, -0.05) is 72.8 Å². The highest BCUT2D eigenvalue weighted by Gasteiger charge is 2.48. The first-order valence-corrected chi connectivity index (χ1v) is 11.7. The Morgan fingerprint density at radius 3 is 2.00 bits per heavy atom. The molecule has 3 aromatic carbocycles. The second kappa shape index (κ2) is 7.00. The van der Waals surface area contributed by atoms with Crippen LogP contribution < -0.4 is 0 Å². The maximum absolute atomic E-state index is 13.9. The first-order valence-electron chi connectivity index (χ1n) is 10.2. The van der Waals surface area contributed by atoms with Gasteiger partial charge in [-0.05, 0) is 72.1 Å². The minimum Gasteiger partial charge on any atom is -0.223 e. The SMILES string of the molecule is O=S(=O)(c1ccccc1)C1(CCC2=CCc3ccccc32)Cc2ccccc2C1. The molecule has 2 aliphatic carbocycles. The molecule has 0 unspecified atom stereocenters. The van der Waals surface area contributed by atoms with E-state index in [1.165, 1.54) is 27.8 Å². The minimum absolute atomic E-state index is 0.439. The molecule has 0 saturated heterocycles. The van der Waals surface area contributed by atoms with Gasteiger partial charge in [-0.15, -0.1) is 0 Å². The zero-order chi connectivity index (χ0) is 19.9. The summed E-state index contributed by atoms with van der Waals surface area (Å²) in [6.07, 6.45) is 5.83. The Morgan fingerprint density at radius 1 is 0.724 bits per heavy atom. The Kier molecular flexibility index (Phi) is 4.44. The summed E-state index contributed by atoms with van der Waals surface area (Å²) in [5.74, 6) is 0. The molecule has 0 N–H and O–H groups in total. The number of benzene rings is 3. The molecule has 0 aliphatic heterocycles. The topological polar surface area (TPSA) is 34.1 Å². The first-order chi connectivity index (χ1) is 14.1. The number of allylic oxidation sites excluding steroid dienone is 2. The average Bonchev–Trinajstić information content (AvgIpc) is 3.35. The van der Waals surface area contributed by atoms with Crippen LogP contribution in [0.15, 0.2) is 89.8 Å². The van der Waals surface area contributed by atoms with Crippen LogP contribution in [0.5, 0.6) is 0 Å². The van der Waals surface area contributed by atoms with E-state index < -0.39 is 14.6 Å². The van der Waals surface area contributed by atoms with Gasteiger partial charge in [-0.25, -0.2) is 8.42 Å². The molecule has 29 heavy (non-hydrogen) atoms. The zero-order valence-corrected chi connectivity index (χ0v) is 17.2. The largest absolute Gasteiger partial charge is 0.223 e. The molecular weight excluding hydrogens is 376 g/mol. The summed E-state index contributed by atoms with van der Waals surface area (Å²) in [5.41, 5.74) is 6.27. The third-order valence-electron chi connectivity index (χ3n) is 6.55. The van der Waals surface area contributed by atoms with Crippen molar-refractivity contribution in [1.82, 2.24) is 0 Å². The fourth-order valence-electron chi connectivity index (χ4n) is 4.96. The minimum atomic E-state index is -3.46. The van der Waals surface area contributed by atoms with E-state index in [9.17, 15) is 8.42 Å². The van der Waals surface area contributed by atoms with E-state index in [0.29, 0.717) is 24.2 Å². The predicted octanol–water partition coefficient (Wildman–Crippen LogP) is 5.42. The number of rotatable bonds is 5. The summed E-state index contributed by atoms with van der Waals surface area (Å²) in [4.78, 5) is 0.439. The van der Waals surface area contributed by atoms with Crippen LogP contribution in [-0.2, 0) is 29.1 Å². The molecule has 0 fully saturated rings. The lowest BCUT2D eigenvalue weighted by Crippen LogP contribution is -2.39. The molecule has 3 heteroatoms. The molecule has 0 amide bonds. The van der Waals surface area contributed by atoms with Crippen LogP contribution in [0, 0.1) is 0 Å². The van der Waals surface area contributed by atoms with Crippen molar-refractivity contribution in [2.75, 3.05) is 0 Å². The summed E-state index contributed by atoms with van der Waals surface area (Å²) >= 11 is 0. The van der Waals surface area contributed by atoms with E-state index in [1.54, 1.807) is 12.1 Å². The number of hydrogen-bond donors (Lipinski definition) is 0. The molecule has 3 aromatic rings. The van der Waals surface area contributed by atoms with Crippen LogP contribution in [0.1, 0.15) is 35.1 Å². The molecule has 0 atom stereocenters. The van der Waals surface area contributed by atoms with Crippen molar-refractivity contribution in [3.8, 4) is 0 Å². The van der Waals surface area contributed by atoms with Crippen LogP contribution in [-0.4, -0.2) is 13.2 Å². The van der Waals surface area contributed by atoms with Gasteiger partial charge in [0, 0.05) is 0 Å². The van der Waals surface area contributed by atoms with Gasteiger partial charge < -0.3 is 0 Å². The van der Waals surface area contributed by atoms with E-state index in [-0.39, 0.29) is 0 Å². The van der Waals surface area contributed by atoms with Crippen LogP contribution in [0.25, 0.3) is 5.57 Å². The monoisotopic (exact) mass is 400 g/mol. The zero-order valence-electron chi connectivity index (χ0n) is 16.3. The highest BCUT2D eigenvalue weighted by atomic mass is 32.2. The molecule has 146 valence electrons. The number of hydrogen-bond acceptors (Lipinski definition) is 2. The summed E-state index contributed by atoms with van der Waals surface area (Å²) in [7, 11) is -3.46. The summed E-state index contributed by atoms with van der Waals surface area (Å²) in [5, 5.41) is 0. The third-order valence-corrected chi connectivity index (χ3v) is 9.07. The molecule has 0 spiro atoms. The number of sulfone groups is 1. The van der Waals surface area contributed by atoms with Crippen molar-refractivity contribution >= 4 is 15.4 Å². The lowest BCUT2D eigenvalue weighted by Gasteiger charge is -2.29. The maximum atomic E-state index is 13.9. The highest BCUT2D eigenvalue weighted by Crippen LogP contribution is 2.44. The summed E-state index contributed by atoms with van der Waals surface area (Å²) in [6, 6.07) is 25.7. The summed E-state index contributed by atoms with van der Waals surface area (Å²) < 4.78 is 26.9. The lowest BCUT2D eigenvalue weighted by atomic mass is 9.93. The molecule has 2 aliphatic rings. The predicted molar refractivity (Wildman–Crippen MR) is 118 cm³/mol. The molecule has 0 saturated carbocycles. The van der Waals surface area contributed by atoms with Gasteiger partial charge in [0.2, 0.25) is 0 Å². The molecule has 0 heterocycles. The van der Waals surface area contributed by atoms with E-state index in [1.807, 2.05) is 30.3 Å². The van der Waals surface area contributed by atoms with Crippen LogP contribution in [0.3, 0.4) is 0 Å². The smallest absolute Gasteiger partial charge is 0.184 e. The lowest BCUT2D eigenvalue weighted by molar-refractivity contribution is 0.496. The second-order valence-corrected chi connectivity index (χ2v) is 10.6. The van der Waals surface area contributed by atoms with Gasteiger partial charge in [-0.2, -0.15) is 0 Å². The van der Waals surface area contributed by atoms with Crippen LogP contribution in [0.4, 0.5) is 0 Å². The standard InChI is InChI=1S/C26H24O2S/c27-29(28,24-11-2-1-3-12-24)26(18-22-9-4-5-10-23(22)19-26)17-16-21-15-14-20-8-6-7-13-25(20)21/h1-13,15H,14,16-19H2. The molecule has 5 rings (SSSR count). The van der Waals surface area contributed by atoms with Gasteiger partial charge >= 0.3 is 0 Å². The van der Waals surface area contributed by atoms with Crippen molar-refractivity contribution in [3.05, 3.63) is 107 Å². The van der Waals surface area contributed by atoms with Gasteiger partial charge in [-0.3, -0.25) is 0 Å².